The van der Waals surface area contributed by atoms with Gasteiger partial charge in [-0.15, -0.1) is 0 Å². The summed E-state index contributed by atoms with van der Waals surface area (Å²) in [5.74, 6) is -12.9. The summed E-state index contributed by atoms with van der Waals surface area (Å²) in [7, 11) is 0. The van der Waals surface area contributed by atoms with Gasteiger partial charge in [0.2, 0.25) is 5.82 Å². The van der Waals surface area contributed by atoms with Crippen LogP contribution in [0.15, 0.2) is 12.2 Å². The van der Waals surface area contributed by atoms with Crippen molar-refractivity contribution < 1.29 is 36.3 Å². The van der Waals surface area contributed by atoms with Crippen LogP contribution in [0.1, 0.15) is 12.8 Å². The predicted molar refractivity (Wildman–Crippen MR) is 74.7 cm³/mol. The minimum atomic E-state index is -2.33. The van der Waals surface area contributed by atoms with Crippen LogP contribution in [0.3, 0.4) is 0 Å². The number of rotatable bonds is 4. The number of carbonyl (C=O) groups excluding carboxylic acids is 2. The van der Waals surface area contributed by atoms with Gasteiger partial charge in [-0.2, -0.15) is 0 Å². The van der Waals surface area contributed by atoms with Crippen molar-refractivity contribution in [3.63, 3.8) is 0 Å². The number of nitrogens with one attached hydrogen (secondary N) is 1. The van der Waals surface area contributed by atoms with Gasteiger partial charge in [-0.1, -0.05) is 12.2 Å². The molecule has 1 fully saturated rings. The fraction of sp³-hybridized carbons (Fsp3) is 0.375. The highest BCUT2D eigenvalue weighted by atomic mass is 19.2. The zero-order valence-electron chi connectivity index (χ0n) is 12.6. The second-order valence-corrected chi connectivity index (χ2v) is 5.99. The Hall–Kier alpha value is -2.45. The Balaban J connectivity index is 1.62. The molecular weight excluding hydrogens is 349 g/mol. The first-order chi connectivity index (χ1) is 11.8. The van der Waals surface area contributed by atoms with Crippen LogP contribution in [0.25, 0.3) is 0 Å². The SMILES string of the molecule is O=C(COC(=O)[C@@H]1C[C@@H]2C=C[C@@H]1C2)Nc1c(F)c(F)c(F)c(F)c1F. The molecule has 25 heavy (non-hydrogen) atoms. The third-order valence-corrected chi connectivity index (χ3v) is 4.40. The Morgan fingerprint density at radius 2 is 1.56 bits per heavy atom. The second kappa shape index (κ2) is 6.45. The number of benzene rings is 1. The Morgan fingerprint density at radius 1 is 0.960 bits per heavy atom. The lowest BCUT2D eigenvalue weighted by molar-refractivity contribution is -0.152. The molecule has 0 heterocycles. The zero-order chi connectivity index (χ0) is 18.3. The number of ether oxygens (including phenoxy) is 1. The van der Waals surface area contributed by atoms with Crippen molar-refractivity contribution in [3.8, 4) is 0 Å². The van der Waals surface area contributed by atoms with Crippen molar-refractivity contribution in [3.05, 3.63) is 41.2 Å². The van der Waals surface area contributed by atoms with E-state index < -0.39 is 59.2 Å². The van der Waals surface area contributed by atoms with Crippen LogP contribution < -0.4 is 5.32 Å². The molecule has 3 atom stereocenters. The number of amides is 1. The Kier molecular flexibility index (Phi) is 4.49. The third-order valence-electron chi connectivity index (χ3n) is 4.40. The largest absolute Gasteiger partial charge is 0.455 e. The number of fused-ring (bicyclic) bond motifs is 2. The molecule has 0 aliphatic heterocycles. The number of carbonyl (C=O) groups is 2. The van der Waals surface area contributed by atoms with Crippen molar-refractivity contribution in [2.24, 2.45) is 17.8 Å². The summed E-state index contributed by atoms with van der Waals surface area (Å²) >= 11 is 0. The lowest BCUT2D eigenvalue weighted by Crippen LogP contribution is -2.27. The van der Waals surface area contributed by atoms with Gasteiger partial charge in [-0.3, -0.25) is 9.59 Å². The number of halogens is 5. The average molecular weight is 361 g/mol. The van der Waals surface area contributed by atoms with Crippen LogP contribution in [-0.2, 0) is 14.3 Å². The minimum Gasteiger partial charge on any atom is -0.455 e. The molecule has 2 aliphatic carbocycles. The van der Waals surface area contributed by atoms with Gasteiger partial charge in [0.05, 0.1) is 5.92 Å². The molecule has 1 aromatic carbocycles. The minimum absolute atomic E-state index is 0.0377. The molecular formula is C16H12F5NO3. The number of hydrogen-bond donors (Lipinski definition) is 1. The van der Waals surface area contributed by atoms with Crippen molar-refractivity contribution in [2.45, 2.75) is 12.8 Å². The van der Waals surface area contributed by atoms with Crippen LogP contribution in [-0.4, -0.2) is 18.5 Å². The van der Waals surface area contributed by atoms with E-state index in [9.17, 15) is 31.5 Å². The van der Waals surface area contributed by atoms with Gasteiger partial charge < -0.3 is 10.1 Å². The first-order valence-corrected chi connectivity index (χ1v) is 7.45. The number of esters is 1. The van der Waals surface area contributed by atoms with E-state index in [-0.39, 0.29) is 5.92 Å². The molecule has 1 N–H and O–H groups in total. The molecule has 0 aromatic heterocycles. The van der Waals surface area contributed by atoms with Crippen LogP contribution >= 0.6 is 0 Å². The second-order valence-electron chi connectivity index (χ2n) is 5.99. The van der Waals surface area contributed by atoms with E-state index in [4.69, 9.17) is 4.74 Å². The van der Waals surface area contributed by atoms with Crippen LogP contribution in [0.4, 0.5) is 27.6 Å². The summed E-state index contributed by atoms with van der Waals surface area (Å²) in [6.07, 6.45) is 5.33. The Bertz CT molecular complexity index is 751. The van der Waals surface area contributed by atoms with Gasteiger partial charge in [-0.05, 0) is 24.7 Å². The Morgan fingerprint density at radius 3 is 2.08 bits per heavy atom. The first-order valence-electron chi connectivity index (χ1n) is 7.45. The fourth-order valence-electron chi connectivity index (χ4n) is 3.19. The van der Waals surface area contributed by atoms with Crippen LogP contribution in [0, 0.1) is 46.8 Å². The van der Waals surface area contributed by atoms with Crippen molar-refractivity contribution in [2.75, 3.05) is 11.9 Å². The van der Waals surface area contributed by atoms with Crippen LogP contribution in [0.5, 0.6) is 0 Å². The van der Waals surface area contributed by atoms with Crippen molar-refractivity contribution in [1.29, 1.82) is 0 Å². The number of hydrogen-bond acceptors (Lipinski definition) is 3. The lowest BCUT2D eigenvalue weighted by atomic mass is 9.94. The third kappa shape index (κ3) is 3.10. The molecule has 0 spiro atoms. The molecule has 134 valence electrons. The molecule has 9 heteroatoms. The van der Waals surface area contributed by atoms with Gasteiger partial charge in [0, 0.05) is 0 Å². The average Bonchev–Trinajstić information content (AvgIpc) is 3.23. The monoisotopic (exact) mass is 361 g/mol. The van der Waals surface area contributed by atoms with Gasteiger partial charge in [0.15, 0.2) is 29.9 Å². The summed E-state index contributed by atoms with van der Waals surface area (Å²) < 4.78 is 70.7. The quantitative estimate of drug-likeness (QED) is 0.295. The molecule has 3 rings (SSSR count). The summed E-state index contributed by atoms with van der Waals surface area (Å²) in [4.78, 5) is 23.6. The zero-order valence-corrected chi connectivity index (χ0v) is 12.6. The van der Waals surface area contributed by atoms with E-state index in [2.05, 4.69) is 0 Å². The topological polar surface area (TPSA) is 55.4 Å². The molecule has 1 saturated carbocycles. The van der Waals surface area contributed by atoms with Gasteiger partial charge in [0.1, 0.15) is 5.69 Å². The highest BCUT2D eigenvalue weighted by Gasteiger charge is 2.40. The van der Waals surface area contributed by atoms with E-state index >= 15 is 0 Å². The fourth-order valence-corrected chi connectivity index (χ4v) is 3.19. The van der Waals surface area contributed by atoms with E-state index in [1.807, 2.05) is 12.2 Å². The van der Waals surface area contributed by atoms with E-state index in [1.54, 1.807) is 5.32 Å². The normalized spacial score (nSPS) is 23.8. The summed E-state index contributed by atoms with van der Waals surface area (Å²) in [6.45, 7) is -0.893. The maximum atomic E-state index is 13.5. The van der Waals surface area contributed by atoms with Crippen molar-refractivity contribution in [1.82, 2.24) is 0 Å². The smallest absolute Gasteiger partial charge is 0.310 e. The van der Waals surface area contributed by atoms with Crippen LogP contribution in [0.2, 0.25) is 0 Å². The van der Waals surface area contributed by atoms with Gasteiger partial charge in [-0.25, -0.2) is 22.0 Å². The maximum absolute atomic E-state index is 13.5. The molecule has 0 radical (unpaired) electrons. The van der Waals surface area contributed by atoms with Gasteiger partial charge >= 0.3 is 5.97 Å². The van der Waals surface area contributed by atoms with Crippen molar-refractivity contribution >= 4 is 17.6 Å². The predicted octanol–water partition coefficient (Wildman–Crippen LogP) is 3.08. The highest BCUT2D eigenvalue weighted by molar-refractivity contribution is 5.93. The number of anilines is 1. The van der Waals surface area contributed by atoms with E-state index in [1.165, 1.54) is 0 Å². The highest BCUT2D eigenvalue weighted by Crippen LogP contribution is 2.43. The molecule has 4 nitrogen and oxygen atoms in total. The van der Waals surface area contributed by atoms with Gasteiger partial charge in [0.25, 0.3) is 5.91 Å². The summed E-state index contributed by atoms with van der Waals surface area (Å²) in [5, 5.41) is 1.54. The molecule has 0 unspecified atom stereocenters. The molecule has 1 aromatic rings. The molecule has 0 saturated heterocycles. The van der Waals surface area contributed by atoms with E-state index in [0.29, 0.717) is 12.3 Å². The summed E-state index contributed by atoms with van der Waals surface area (Å²) in [5.41, 5.74) is -1.49. The lowest BCUT2D eigenvalue weighted by Gasteiger charge is -2.16. The number of allylic oxidation sites excluding steroid dienone is 2. The van der Waals surface area contributed by atoms with E-state index in [0.717, 1.165) is 6.42 Å². The maximum Gasteiger partial charge on any atom is 0.310 e. The molecule has 2 aliphatic rings. The molecule has 2 bridgehead atoms. The Labute approximate surface area is 138 Å². The first kappa shape index (κ1) is 17.4. The molecule has 1 amide bonds. The summed E-state index contributed by atoms with van der Waals surface area (Å²) in [6, 6.07) is 0. The standard InChI is InChI=1S/C16H12F5NO3/c17-10-11(18)13(20)15(14(21)12(10)19)22-9(23)5-25-16(24)8-4-6-1-2-7(8)3-6/h1-2,6-8H,3-5H2,(H,22,23)/t6-,7-,8-/m1/s1.